The molecule has 4 heteroatoms. The number of hydrogen-bond acceptors (Lipinski definition) is 3. The molecule has 0 amide bonds. The highest BCUT2D eigenvalue weighted by Crippen LogP contribution is 2.28. The van der Waals surface area contributed by atoms with Gasteiger partial charge < -0.3 is 15.5 Å². The highest BCUT2D eigenvalue weighted by atomic mass is 35.5. The van der Waals surface area contributed by atoms with Gasteiger partial charge >= 0.3 is 0 Å². The van der Waals surface area contributed by atoms with E-state index < -0.39 is 0 Å². The molecule has 0 radical (unpaired) electrons. The van der Waals surface area contributed by atoms with Crippen LogP contribution < -0.4 is 10.6 Å². The first kappa shape index (κ1) is 15.1. The minimum Gasteiger partial charge on any atom is -0.371 e. The molecular weight excluding hydrogens is 282 g/mol. The summed E-state index contributed by atoms with van der Waals surface area (Å²) in [5, 5.41) is 0.780. The summed E-state index contributed by atoms with van der Waals surface area (Å²) < 4.78 is 0. The number of hydrogen-bond donors (Lipinski definition) is 1. The summed E-state index contributed by atoms with van der Waals surface area (Å²) in [5.74, 6) is 0. The summed E-state index contributed by atoms with van der Waals surface area (Å²) in [4.78, 5) is 5.20. The van der Waals surface area contributed by atoms with E-state index in [1.165, 1.54) is 56.4 Å². The zero-order valence-corrected chi connectivity index (χ0v) is 13.5. The lowest BCUT2D eigenvalue weighted by Crippen LogP contribution is -2.47. The van der Waals surface area contributed by atoms with Crippen molar-refractivity contribution in [2.24, 2.45) is 5.73 Å². The molecular formula is C17H26ClN3. The average Bonchev–Trinajstić information content (AvgIpc) is 2.56. The van der Waals surface area contributed by atoms with Crippen molar-refractivity contribution in [1.82, 2.24) is 4.90 Å². The molecule has 0 atom stereocenters. The van der Waals surface area contributed by atoms with Gasteiger partial charge in [0.25, 0.3) is 0 Å². The highest BCUT2D eigenvalue weighted by Gasteiger charge is 2.26. The Labute approximate surface area is 133 Å². The van der Waals surface area contributed by atoms with Crippen molar-refractivity contribution in [1.29, 1.82) is 0 Å². The predicted molar refractivity (Wildman–Crippen MR) is 90.0 cm³/mol. The summed E-state index contributed by atoms with van der Waals surface area (Å²) >= 11 is 6.08. The third-order valence-electron chi connectivity index (χ3n) is 4.97. The molecule has 1 aromatic carbocycles. The van der Waals surface area contributed by atoms with E-state index in [-0.39, 0.29) is 0 Å². The molecule has 0 spiro atoms. The van der Waals surface area contributed by atoms with Crippen LogP contribution in [0.5, 0.6) is 0 Å². The Hall–Kier alpha value is -0.770. The second kappa shape index (κ2) is 6.99. The van der Waals surface area contributed by atoms with E-state index in [9.17, 15) is 0 Å². The predicted octanol–water partition coefficient (Wildman–Crippen LogP) is 3.25. The number of nitrogens with two attached hydrogens (primary N) is 1. The average molecular weight is 308 g/mol. The van der Waals surface area contributed by atoms with Gasteiger partial charge in [-0.15, -0.1) is 0 Å². The Morgan fingerprint density at radius 1 is 1.05 bits per heavy atom. The third-order valence-corrected chi connectivity index (χ3v) is 5.21. The summed E-state index contributed by atoms with van der Waals surface area (Å²) in [7, 11) is 0. The van der Waals surface area contributed by atoms with Crippen LogP contribution in [0.2, 0.25) is 5.02 Å². The van der Waals surface area contributed by atoms with Crippen molar-refractivity contribution in [2.75, 3.05) is 31.1 Å². The van der Waals surface area contributed by atoms with Crippen LogP contribution in [0.3, 0.4) is 0 Å². The fourth-order valence-electron chi connectivity index (χ4n) is 3.78. The Morgan fingerprint density at radius 3 is 2.43 bits per heavy atom. The van der Waals surface area contributed by atoms with Gasteiger partial charge in [0.1, 0.15) is 0 Å². The zero-order chi connectivity index (χ0) is 14.7. The summed E-state index contributed by atoms with van der Waals surface area (Å²) in [5.41, 5.74) is 8.32. The standard InChI is InChI=1S/C17H26ClN3/c18-15-4-5-17(14(12-15)13-19)21-10-6-16(7-11-21)20-8-2-1-3-9-20/h4-5,12,16H,1-3,6-11,13,19H2. The third kappa shape index (κ3) is 3.53. The topological polar surface area (TPSA) is 32.5 Å². The van der Waals surface area contributed by atoms with Crippen LogP contribution in [0.15, 0.2) is 18.2 Å². The SMILES string of the molecule is NCc1cc(Cl)ccc1N1CCC(N2CCCCC2)CC1. The van der Waals surface area contributed by atoms with Crippen molar-refractivity contribution in [3.8, 4) is 0 Å². The Bertz CT molecular complexity index is 463. The molecule has 2 saturated heterocycles. The smallest absolute Gasteiger partial charge is 0.0412 e. The summed E-state index contributed by atoms with van der Waals surface area (Å²) in [6.07, 6.45) is 6.72. The first-order chi connectivity index (χ1) is 10.3. The van der Waals surface area contributed by atoms with Gasteiger partial charge in [0, 0.05) is 36.4 Å². The van der Waals surface area contributed by atoms with Crippen LogP contribution in [-0.4, -0.2) is 37.1 Å². The first-order valence-electron chi connectivity index (χ1n) is 8.25. The molecule has 0 saturated carbocycles. The largest absolute Gasteiger partial charge is 0.371 e. The van der Waals surface area contributed by atoms with E-state index >= 15 is 0 Å². The quantitative estimate of drug-likeness (QED) is 0.930. The molecule has 2 aliphatic heterocycles. The molecule has 116 valence electrons. The van der Waals surface area contributed by atoms with E-state index in [2.05, 4.69) is 15.9 Å². The molecule has 0 aliphatic carbocycles. The number of benzene rings is 1. The van der Waals surface area contributed by atoms with E-state index in [4.69, 9.17) is 17.3 Å². The number of rotatable bonds is 3. The minimum atomic E-state index is 0.557. The Balaban J connectivity index is 1.62. The zero-order valence-electron chi connectivity index (χ0n) is 12.7. The van der Waals surface area contributed by atoms with Gasteiger partial charge in [-0.25, -0.2) is 0 Å². The van der Waals surface area contributed by atoms with Crippen LogP contribution in [0.25, 0.3) is 0 Å². The van der Waals surface area contributed by atoms with Crippen LogP contribution in [0.1, 0.15) is 37.7 Å². The lowest BCUT2D eigenvalue weighted by molar-refractivity contribution is 0.141. The van der Waals surface area contributed by atoms with Crippen molar-refractivity contribution in [3.63, 3.8) is 0 Å². The summed E-state index contributed by atoms with van der Waals surface area (Å²) in [6.45, 7) is 5.44. The normalized spacial score (nSPS) is 21.7. The van der Waals surface area contributed by atoms with E-state index in [1.54, 1.807) is 0 Å². The number of piperidine rings is 2. The van der Waals surface area contributed by atoms with Gasteiger partial charge in [-0.3, -0.25) is 0 Å². The molecule has 2 heterocycles. The fraction of sp³-hybridized carbons (Fsp3) is 0.647. The van der Waals surface area contributed by atoms with E-state index in [1.807, 2.05) is 12.1 Å². The number of anilines is 1. The Kier molecular flexibility index (Phi) is 5.04. The Morgan fingerprint density at radius 2 is 1.76 bits per heavy atom. The second-order valence-corrected chi connectivity index (χ2v) is 6.73. The van der Waals surface area contributed by atoms with Crippen LogP contribution in [0, 0.1) is 0 Å². The van der Waals surface area contributed by atoms with Crippen molar-refractivity contribution in [2.45, 2.75) is 44.7 Å². The maximum atomic E-state index is 6.08. The van der Waals surface area contributed by atoms with Crippen molar-refractivity contribution < 1.29 is 0 Å². The first-order valence-corrected chi connectivity index (χ1v) is 8.63. The molecule has 0 unspecified atom stereocenters. The van der Waals surface area contributed by atoms with Gasteiger partial charge in [0.2, 0.25) is 0 Å². The number of nitrogens with zero attached hydrogens (tertiary/aromatic N) is 2. The maximum absolute atomic E-state index is 6.08. The lowest BCUT2D eigenvalue weighted by atomic mass is 9.99. The lowest BCUT2D eigenvalue weighted by Gasteiger charge is -2.41. The number of halogens is 1. The molecule has 2 aliphatic rings. The van der Waals surface area contributed by atoms with Gasteiger partial charge in [0.15, 0.2) is 0 Å². The van der Waals surface area contributed by atoms with Gasteiger partial charge in [-0.2, -0.15) is 0 Å². The van der Waals surface area contributed by atoms with Crippen LogP contribution in [-0.2, 0) is 6.54 Å². The maximum Gasteiger partial charge on any atom is 0.0412 e. The van der Waals surface area contributed by atoms with E-state index in [0.29, 0.717) is 6.54 Å². The second-order valence-electron chi connectivity index (χ2n) is 6.29. The molecule has 1 aromatic rings. The minimum absolute atomic E-state index is 0.557. The summed E-state index contributed by atoms with van der Waals surface area (Å²) in [6, 6.07) is 6.90. The molecule has 0 bridgehead atoms. The molecule has 21 heavy (non-hydrogen) atoms. The van der Waals surface area contributed by atoms with Crippen molar-refractivity contribution >= 4 is 17.3 Å². The van der Waals surface area contributed by atoms with Gasteiger partial charge in [-0.1, -0.05) is 18.0 Å². The molecule has 3 rings (SSSR count). The van der Waals surface area contributed by atoms with Gasteiger partial charge in [-0.05, 0) is 62.5 Å². The monoisotopic (exact) mass is 307 g/mol. The fourth-order valence-corrected chi connectivity index (χ4v) is 3.98. The van der Waals surface area contributed by atoms with Gasteiger partial charge in [0.05, 0.1) is 0 Å². The molecule has 0 aromatic heterocycles. The molecule has 2 N–H and O–H groups in total. The van der Waals surface area contributed by atoms with E-state index in [0.717, 1.165) is 24.2 Å². The van der Waals surface area contributed by atoms with Crippen molar-refractivity contribution in [3.05, 3.63) is 28.8 Å². The highest BCUT2D eigenvalue weighted by molar-refractivity contribution is 6.30. The number of likely N-dealkylation sites (tertiary alicyclic amines) is 1. The molecule has 3 nitrogen and oxygen atoms in total. The van der Waals surface area contributed by atoms with Crippen LogP contribution in [0.4, 0.5) is 5.69 Å². The van der Waals surface area contributed by atoms with Crippen LogP contribution >= 0.6 is 11.6 Å². The molecule has 2 fully saturated rings.